The maximum atomic E-state index is 13.6. The molecule has 0 saturated heterocycles. The Hall–Kier alpha value is -1.16. The average Bonchev–Trinajstić information content (AvgIpc) is 2.43. The van der Waals surface area contributed by atoms with Gasteiger partial charge < -0.3 is 10.5 Å². The Balaban J connectivity index is 1.78. The maximum absolute atomic E-state index is 13.6. The van der Waals surface area contributed by atoms with E-state index in [4.69, 9.17) is 10.5 Å². The van der Waals surface area contributed by atoms with E-state index in [0.29, 0.717) is 0 Å². The molecule has 0 radical (unpaired) electrons. The van der Waals surface area contributed by atoms with Gasteiger partial charge in [0.2, 0.25) is 0 Å². The predicted molar refractivity (Wildman–Crippen MR) is 68.9 cm³/mol. The Morgan fingerprint density at radius 1 is 1.16 bits per heavy atom. The van der Waals surface area contributed by atoms with Crippen LogP contribution in [-0.4, -0.2) is 12.1 Å². The number of hydrogen-bond acceptors (Lipinski definition) is 2. The number of halogens is 2. The van der Waals surface area contributed by atoms with E-state index in [9.17, 15) is 8.78 Å². The van der Waals surface area contributed by atoms with Gasteiger partial charge in [-0.15, -0.1) is 0 Å². The van der Waals surface area contributed by atoms with E-state index in [1.54, 1.807) is 0 Å². The molecule has 0 aliphatic heterocycles. The third kappa shape index (κ3) is 2.12. The van der Waals surface area contributed by atoms with Gasteiger partial charge in [0.05, 0.1) is 0 Å². The number of benzene rings is 1. The second-order valence-electron chi connectivity index (χ2n) is 5.82. The van der Waals surface area contributed by atoms with Crippen LogP contribution in [0.15, 0.2) is 18.2 Å². The van der Waals surface area contributed by atoms with Crippen LogP contribution in [0.2, 0.25) is 0 Å². The molecule has 2 unspecified atom stereocenters. The molecule has 1 spiro atoms. The molecule has 2 atom stereocenters. The maximum Gasteiger partial charge on any atom is 0.165 e. The third-order valence-corrected chi connectivity index (χ3v) is 4.79. The highest BCUT2D eigenvalue weighted by atomic mass is 19.1. The van der Waals surface area contributed by atoms with Crippen LogP contribution in [0.3, 0.4) is 0 Å². The van der Waals surface area contributed by atoms with Crippen molar-refractivity contribution in [2.75, 3.05) is 0 Å². The van der Waals surface area contributed by atoms with Crippen molar-refractivity contribution >= 4 is 0 Å². The fourth-order valence-corrected chi connectivity index (χ4v) is 3.57. The zero-order valence-electron chi connectivity index (χ0n) is 10.9. The Labute approximate surface area is 111 Å². The molecule has 2 fully saturated rings. The molecule has 0 bridgehead atoms. The topological polar surface area (TPSA) is 35.2 Å². The van der Waals surface area contributed by atoms with Crippen LogP contribution in [0.1, 0.15) is 38.5 Å². The lowest BCUT2D eigenvalue weighted by Crippen LogP contribution is -2.64. The van der Waals surface area contributed by atoms with Gasteiger partial charge in [-0.25, -0.2) is 8.78 Å². The summed E-state index contributed by atoms with van der Waals surface area (Å²) in [5, 5.41) is 0. The van der Waals surface area contributed by atoms with Crippen molar-refractivity contribution in [2.45, 2.75) is 50.7 Å². The van der Waals surface area contributed by atoms with Gasteiger partial charge in [0.1, 0.15) is 11.9 Å². The molecule has 2 saturated carbocycles. The molecule has 2 nitrogen and oxygen atoms in total. The van der Waals surface area contributed by atoms with E-state index in [0.717, 1.165) is 50.3 Å². The van der Waals surface area contributed by atoms with Gasteiger partial charge in [-0.2, -0.15) is 0 Å². The van der Waals surface area contributed by atoms with E-state index < -0.39 is 11.6 Å². The first kappa shape index (κ1) is 12.9. The minimum atomic E-state index is -0.507. The smallest absolute Gasteiger partial charge is 0.165 e. The van der Waals surface area contributed by atoms with E-state index in [-0.39, 0.29) is 23.3 Å². The summed E-state index contributed by atoms with van der Waals surface area (Å²) in [4.78, 5) is 0. The highest BCUT2D eigenvalue weighted by Gasteiger charge is 2.55. The van der Waals surface area contributed by atoms with E-state index in [1.165, 1.54) is 6.42 Å². The SMILES string of the molecule is NC1CC(Oc2cc(F)ccc2F)C12CCCCC2. The molecular formula is C15H19F2NO. The Bertz CT molecular complexity index is 471. The predicted octanol–water partition coefficient (Wildman–Crippen LogP) is 3.39. The lowest BCUT2D eigenvalue weighted by atomic mass is 9.55. The van der Waals surface area contributed by atoms with Crippen molar-refractivity contribution < 1.29 is 13.5 Å². The minimum Gasteiger partial charge on any atom is -0.487 e. The highest BCUT2D eigenvalue weighted by Crippen LogP contribution is 2.52. The normalized spacial score (nSPS) is 29.0. The van der Waals surface area contributed by atoms with Crippen molar-refractivity contribution in [3.63, 3.8) is 0 Å². The van der Waals surface area contributed by atoms with Crippen molar-refractivity contribution in [3.8, 4) is 5.75 Å². The molecule has 2 aliphatic carbocycles. The molecule has 4 heteroatoms. The van der Waals surface area contributed by atoms with Crippen molar-refractivity contribution in [3.05, 3.63) is 29.8 Å². The van der Waals surface area contributed by atoms with Crippen molar-refractivity contribution in [1.29, 1.82) is 0 Å². The fourth-order valence-electron chi connectivity index (χ4n) is 3.57. The average molecular weight is 267 g/mol. The van der Waals surface area contributed by atoms with Gasteiger partial charge in [-0.05, 0) is 25.0 Å². The van der Waals surface area contributed by atoms with Crippen molar-refractivity contribution in [1.82, 2.24) is 0 Å². The van der Waals surface area contributed by atoms with Gasteiger partial charge in [0, 0.05) is 23.9 Å². The molecular weight excluding hydrogens is 248 g/mol. The Morgan fingerprint density at radius 2 is 1.89 bits per heavy atom. The second kappa shape index (κ2) is 4.75. The monoisotopic (exact) mass is 267 g/mol. The first-order valence-corrected chi connectivity index (χ1v) is 6.99. The van der Waals surface area contributed by atoms with Crippen molar-refractivity contribution in [2.24, 2.45) is 11.1 Å². The van der Waals surface area contributed by atoms with Crippen LogP contribution in [0.5, 0.6) is 5.75 Å². The molecule has 3 rings (SSSR count). The zero-order valence-corrected chi connectivity index (χ0v) is 10.9. The Kier molecular flexibility index (Phi) is 3.21. The van der Waals surface area contributed by atoms with Gasteiger partial charge in [0.25, 0.3) is 0 Å². The number of nitrogens with two attached hydrogens (primary N) is 1. The summed E-state index contributed by atoms with van der Waals surface area (Å²) in [6.45, 7) is 0. The van der Waals surface area contributed by atoms with E-state index >= 15 is 0 Å². The standard InChI is InChI=1S/C15H19F2NO/c16-10-4-5-11(17)12(8-10)19-14-9-13(18)15(14)6-2-1-3-7-15/h4-5,8,13-14H,1-3,6-7,9,18H2. The summed E-state index contributed by atoms with van der Waals surface area (Å²) in [7, 11) is 0. The third-order valence-electron chi connectivity index (χ3n) is 4.79. The Morgan fingerprint density at radius 3 is 2.58 bits per heavy atom. The summed E-state index contributed by atoms with van der Waals surface area (Å²) in [6.07, 6.45) is 6.27. The van der Waals surface area contributed by atoms with Gasteiger partial charge in [0.15, 0.2) is 11.6 Å². The summed E-state index contributed by atoms with van der Waals surface area (Å²) >= 11 is 0. The van der Waals surface area contributed by atoms with E-state index in [2.05, 4.69) is 0 Å². The lowest BCUT2D eigenvalue weighted by Gasteiger charge is -2.56. The quantitative estimate of drug-likeness (QED) is 0.891. The highest BCUT2D eigenvalue weighted by molar-refractivity contribution is 5.26. The van der Waals surface area contributed by atoms with Crippen LogP contribution in [0.4, 0.5) is 8.78 Å². The fraction of sp³-hybridized carbons (Fsp3) is 0.600. The number of ether oxygens (including phenoxy) is 1. The molecule has 2 N–H and O–H groups in total. The molecule has 2 aliphatic rings. The van der Waals surface area contributed by atoms with Crippen LogP contribution in [0.25, 0.3) is 0 Å². The van der Waals surface area contributed by atoms with Gasteiger partial charge >= 0.3 is 0 Å². The molecule has 0 heterocycles. The zero-order chi connectivity index (χ0) is 13.5. The van der Waals surface area contributed by atoms with Gasteiger partial charge in [-0.1, -0.05) is 19.3 Å². The van der Waals surface area contributed by atoms with Crippen LogP contribution in [-0.2, 0) is 0 Å². The van der Waals surface area contributed by atoms with E-state index in [1.807, 2.05) is 0 Å². The van der Waals surface area contributed by atoms with Crippen LogP contribution in [0, 0.1) is 17.0 Å². The van der Waals surface area contributed by atoms with Gasteiger partial charge in [-0.3, -0.25) is 0 Å². The summed E-state index contributed by atoms with van der Waals surface area (Å²) < 4.78 is 32.5. The summed E-state index contributed by atoms with van der Waals surface area (Å²) in [6, 6.07) is 3.46. The second-order valence-corrected chi connectivity index (χ2v) is 5.82. The first-order chi connectivity index (χ1) is 9.12. The first-order valence-electron chi connectivity index (χ1n) is 6.99. The number of rotatable bonds is 2. The number of hydrogen-bond donors (Lipinski definition) is 1. The molecule has 1 aromatic rings. The minimum absolute atomic E-state index is 0.0156. The molecule has 1 aromatic carbocycles. The molecule has 19 heavy (non-hydrogen) atoms. The largest absolute Gasteiger partial charge is 0.487 e. The molecule has 104 valence electrons. The summed E-state index contributed by atoms with van der Waals surface area (Å²) in [5.74, 6) is -0.965. The summed E-state index contributed by atoms with van der Waals surface area (Å²) in [5.41, 5.74) is 6.14. The van der Waals surface area contributed by atoms with Crippen LogP contribution < -0.4 is 10.5 Å². The lowest BCUT2D eigenvalue weighted by molar-refractivity contribution is -0.0912. The molecule has 0 aromatic heterocycles. The van der Waals surface area contributed by atoms with Crippen LogP contribution >= 0.6 is 0 Å². The molecule has 0 amide bonds.